The van der Waals surface area contributed by atoms with Gasteiger partial charge in [-0.25, -0.2) is 0 Å². The molecule has 6 nitrogen and oxygen atoms in total. The van der Waals surface area contributed by atoms with Gasteiger partial charge in [0.05, 0.1) is 0 Å². The molecule has 0 spiro atoms. The summed E-state index contributed by atoms with van der Waals surface area (Å²) in [5, 5.41) is 1.77. The standard InChI is InChI=1S/C54H84Br2O6Si2/c1-9-47(35-27-21-17-19-23-33-41-55)43-51(49-37-29-25-30-38-49)45-53(63(57-11-3,58-12-4)59-13-5)54(64(60-14-6,61-15-7)62-16-8)46-52(50-39-31-26-32-40-50)44-48(10-2)36-28-22-18-20-24-34-42-56/h9-10,21-34,37-40,47-48,51-54H,1-2,11-20,35-36,41-46H2,3-8H3/b27-21+,28-22+,33-23-,34-24-. The molecule has 0 aliphatic rings. The van der Waals surface area contributed by atoms with Gasteiger partial charge in [0.25, 0.3) is 0 Å². The average Bonchev–Trinajstić information content (AvgIpc) is 3.31. The summed E-state index contributed by atoms with van der Waals surface area (Å²) in [4.78, 5) is 0. The molecule has 0 radical (unpaired) electrons. The van der Waals surface area contributed by atoms with Gasteiger partial charge in [-0.15, -0.1) is 13.2 Å². The van der Waals surface area contributed by atoms with Crippen LogP contribution in [0.5, 0.6) is 0 Å². The molecular weight excluding hydrogens is 961 g/mol. The van der Waals surface area contributed by atoms with Crippen LogP contribution in [-0.2, 0) is 26.6 Å². The fourth-order valence-electron chi connectivity index (χ4n) is 8.84. The summed E-state index contributed by atoms with van der Waals surface area (Å²) >= 11 is 6.98. The first-order valence-electron chi connectivity index (χ1n) is 24.2. The van der Waals surface area contributed by atoms with Crippen molar-refractivity contribution in [1.82, 2.24) is 0 Å². The van der Waals surface area contributed by atoms with Crippen molar-refractivity contribution < 1.29 is 26.6 Å². The lowest BCUT2D eigenvalue weighted by Crippen LogP contribution is -2.59. The average molecular weight is 1050 g/mol. The highest BCUT2D eigenvalue weighted by Gasteiger charge is 2.63. The summed E-state index contributed by atoms with van der Waals surface area (Å²) in [6.45, 7) is 23.9. The van der Waals surface area contributed by atoms with Crippen molar-refractivity contribution >= 4 is 49.5 Å². The lowest BCUT2D eigenvalue weighted by atomic mass is 9.81. The Hall–Kier alpha value is -1.97. The third-order valence-electron chi connectivity index (χ3n) is 11.6. The molecule has 0 N–H and O–H groups in total. The first kappa shape index (κ1) is 58.2. The first-order chi connectivity index (χ1) is 31.3. The van der Waals surface area contributed by atoms with E-state index < -0.39 is 17.6 Å². The second-order valence-corrected chi connectivity index (χ2v) is 22.9. The largest absolute Gasteiger partial charge is 0.504 e. The molecule has 0 bridgehead atoms. The van der Waals surface area contributed by atoms with Gasteiger partial charge in [0.2, 0.25) is 0 Å². The molecule has 0 saturated carbocycles. The summed E-state index contributed by atoms with van der Waals surface area (Å²) in [5.41, 5.74) is 2.12. The first-order valence-corrected chi connectivity index (χ1v) is 30.1. The molecule has 0 heterocycles. The maximum absolute atomic E-state index is 7.04. The van der Waals surface area contributed by atoms with E-state index in [1.54, 1.807) is 0 Å². The summed E-state index contributed by atoms with van der Waals surface area (Å²) in [6.07, 6.45) is 31.6. The minimum Gasteiger partial charge on any atom is -0.374 e. The van der Waals surface area contributed by atoms with Gasteiger partial charge in [-0.05, 0) is 141 Å². The minimum atomic E-state index is -3.54. The lowest BCUT2D eigenvalue weighted by molar-refractivity contribution is 0.0334. The van der Waals surface area contributed by atoms with Crippen molar-refractivity contribution in [2.24, 2.45) is 11.8 Å². The maximum atomic E-state index is 7.04. The molecule has 2 aromatic carbocycles. The topological polar surface area (TPSA) is 55.4 Å². The third kappa shape index (κ3) is 20.9. The molecule has 0 fully saturated rings. The van der Waals surface area contributed by atoms with Crippen LogP contribution in [0.3, 0.4) is 0 Å². The van der Waals surface area contributed by atoms with E-state index >= 15 is 0 Å². The Morgan fingerprint density at radius 2 is 0.734 bits per heavy atom. The van der Waals surface area contributed by atoms with E-state index in [-0.39, 0.29) is 34.8 Å². The van der Waals surface area contributed by atoms with E-state index in [0.717, 1.165) is 74.9 Å². The van der Waals surface area contributed by atoms with Crippen molar-refractivity contribution in [3.63, 3.8) is 0 Å². The van der Waals surface area contributed by atoms with Crippen LogP contribution in [-0.4, -0.2) is 67.9 Å². The van der Waals surface area contributed by atoms with Crippen LogP contribution in [0.2, 0.25) is 11.1 Å². The molecular formula is C54H84Br2O6Si2. The molecule has 2 rings (SSSR count). The SMILES string of the molecule is C=CC(C/C=C/CC/C=C\CBr)CC(CC(C(CC(CC(C=C)C/C=C/CC/C=C\CBr)c1ccccc1)[Si](OCC)(OCC)OCC)[Si](OCC)(OCC)OCC)c1ccccc1. The number of allylic oxidation sites excluding steroid dienone is 10. The Balaban J connectivity index is 2.94. The fraction of sp³-hybridized carbons (Fsp3) is 0.556. The van der Waals surface area contributed by atoms with Crippen LogP contribution >= 0.6 is 31.9 Å². The van der Waals surface area contributed by atoms with Gasteiger partial charge in [0.15, 0.2) is 0 Å². The van der Waals surface area contributed by atoms with Crippen molar-refractivity contribution in [2.75, 3.05) is 50.3 Å². The highest BCUT2D eigenvalue weighted by molar-refractivity contribution is 9.09. The minimum absolute atomic E-state index is 0.127. The molecule has 0 aliphatic carbocycles. The third-order valence-corrected chi connectivity index (χ3v) is 20.0. The molecule has 2 aromatic rings. The maximum Gasteiger partial charge on any atom is 0.504 e. The van der Waals surface area contributed by atoms with Crippen LogP contribution in [0.1, 0.15) is 129 Å². The van der Waals surface area contributed by atoms with Gasteiger partial charge in [0, 0.05) is 61.4 Å². The highest BCUT2D eigenvalue weighted by atomic mass is 79.9. The number of hydrogen-bond acceptors (Lipinski definition) is 6. The van der Waals surface area contributed by atoms with Crippen LogP contribution in [0.4, 0.5) is 0 Å². The van der Waals surface area contributed by atoms with Crippen molar-refractivity contribution in [1.29, 1.82) is 0 Å². The lowest BCUT2D eigenvalue weighted by Gasteiger charge is -2.46. The Bertz CT molecular complexity index is 1440. The van der Waals surface area contributed by atoms with Gasteiger partial charge >= 0.3 is 17.6 Å². The zero-order valence-electron chi connectivity index (χ0n) is 40.4. The molecule has 0 aromatic heterocycles. The smallest absolute Gasteiger partial charge is 0.374 e. The Morgan fingerprint density at radius 1 is 0.438 bits per heavy atom. The molecule has 0 aliphatic heterocycles. The van der Waals surface area contributed by atoms with Crippen LogP contribution < -0.4 is 0 Å². The predicted molar refractivity (Wildman–Crippen MR) is 285 cm³/mol. The van der Waals surface area contributed by atoms with Gasteiger partial charge in [0.1, 0.15) is 0 Å². The Kier molecular flexibility index (Phi) is 32.8. The number of benzene rings is 2. The Labute approximate surface area is 410 Å². The van der Waals surface area contributed by atoms with Crippen LogP contribution in [0.25, 0.3) is 0 Å². The normalized spacial score (nSPS) is 15.6. The van der Waals surface area contributed by atoms with Gasteiger partial charge in [-0.2, -0.15) is 0 Å². The van der Waals surface area contributed by atoms with E-state index in [2.05, 4.69) is 208 Å². The zero-order valence-corrected chi connectivity index (χ0v) is 45.5. The molecule has 64 heavy (non-hydrogen) atoms. The predicted octanol–water partition coefficient (Wildman–Crippen LogP) is 15.9. The summed E-state index contributed by atoms with van der Waals surface area (Å²) in [6, 6.07) is 21.9. The van der Waals surface area contributed by atoms with Crippen LogP contribution in [0, 0.1) is 11.8 Å². The summed E-state index contributed by atoms with van der Waals surface area (Å²) < 4.78 is 42.2. The number of halogens is 2. The second-order valence-electron chi connectivity index (χ2n) is 16.0. The number of rotatable bonds is 39. The number of hydrogen-bond donors (Lipinski definition) is 0. The molecule has 6 atom stereocenters. The molecule has 0 saturated heterocycles. The quantitative estimate of drug-likeness (QED) is 0.0288. The van der Waals surface area contributed by atoms with Crippen molar-refractivity contribution in [3.8, 4) is 0 Å². The van der Waals surface area contributed by atoms with E-state index in [4.69, 9.17) is 26.6 Å². The highest BCUT2D eigenvalue weighted by Crippen LogP contribution is 2.54. The van der Waals surface area contributed by atoms with Crippen molar-refractivity contribution in [3.05, 3.63) is 146 Å². The second kappa shape index (κ2) is 36.1. The van der Waals surface area contributed by atoms with E-state index in [0.29, 0.717) is 39.6 Å². The van der Waals surface area contributed by atoms with Crippen molar-refractivity contribution in [2.45, 2.75) is 129 Å². The van der Waals surface area contributed by atoms with E-state index in [9.17, 15) is 0 Å². The number of alkyl halides is 2. The van der Waals surface area contributed by atoms with Gasteiger partial charge in [-0.1, -0.05) is 153 Å². The molecule has 0 amide bonds. The number of unbranched alkanes of at least 4 members (excludes halogenated alkanes) is 2. The summed E-state index contributed by atoms with van der Waals surface area (Å²) in [7, 11) is -7.08. The van der Waals surface area contributed by atoms with Gasteiger partial charge in [-0.3, -0.25) is 0 Å². The zero-order chi connectivity index (χ0) is 46.7. The Morgan fingerprint density at radius 3 is 1.00 bits per heavy atom. The van der Waals surface area contributed by atoms with E-state index in [1.807, 2.05) is 0 Å². The van der Waals surface area contributed by atoms with E-state index in [1.165, 1.54) is 11.1 Å². The molecule has 358 valence electrons. The molecule has 10 heteroatoms. The summed E-state index contributed by atoms with van der Waals surface area (Å²) in [5.74, 6) is 0.768. The van der Waals surface area contributed by atoms with Crippen LogP contribution in [0.15, 0.2) is 135 Å². The van der Waals surface area contributed by atoms with Gasteiger partial charge < -0.3 is 26.6 Å². The molecule has 6 unspecified atom stereocenters. The monoisotopic (exact) mass is 1040 g/mol. The fourth-order valence-corrected chi connectivity index (χ4v) is 17.2.